The van der Waals surface area contributed by atoms with Crippen molar-refractivity contribution in [3.63, 3.8) is 0 Å². The molecule has 0 unspecified atom stereocenters. The molecule has 0 N–H and O–H groups in total. The molecule has 352 valence electrons. The fraction of sp³-hybridized carbons (Fsp3) is 0.424. The number of fused-ring (bicyclic) bond motifs is 1. The predicted octanol–water partition coefficient (Wildman–Crippen LogP) is 16.2. The highest BCUT2D eigenvalue weighted by Gasteiger charge is 2.20. The van der Waals surface area contributed by atoms with Gasteiger partial charge in [-0.15, -0.1) is 0 Å². The van der Waals surface area contributed by atoms with Crippen LogP contribution < -0.4 is 23.7 Å². The van der Waals surface area contributed by atoms with E-state index in [0.29, 0.717) is 6.79 Å². The van der Waals surface area contributed by atoms with E-state index < -0.39 is 0 Å². The normalized spacial score (nSPS) is 12.1. The van der Waals surface area contributed by atoms with Gasteiger partial charge in [0.05, 0.1) is 27.6 Å². The number of ether oxygens (including phenoxy) is 5. The van der Waals surface area contributed by atoms with Crippen LogP contribution in [-0.2, 0) is 27.1 Å². The van der Waals surface area contributed by atoms with Crippen LogP contribution in [0.2, 0.25) is 0 Å². The van der Waals surface area contributed by atoms with Crippen LogP contribution in [0.1, 0.15) is 137 Å². The zero-order valence-electron chi connectivity index (χ0n) is 43.3. The minimum atomic E-state index is 0.138. The van der Waals surface area contributed by atoms with Gasteiger partial charge in [0.1, 0.15) is 11.5 Å². The molecule has 65 heavy (non-hydrogen) atoms. The summed E-state index contributed by atoms with van der Waals surface area (Å²) in [6.45, 7) is 35.5. The lowest BCUT2D eigenvalue weighted by atomic mass is 9.86. The van der Waals surface area contributed by atoms with Crippen LogP contribution >= 0.6 is 0 Å². The van der Waals surface area contributed by atoms with Gasteiger partial charge < -0.3 is 28.1 Å². The number of hydrogen-bond acceptors (Lipinski definition) is 6. The van der Waals surface area contributed by atoms with Gasteiger partial charge >= 0.3 is 0 Å². The molecule has 6 nitrogen and oxygen atoms in total. The third-order valence-electron chi connectivity index (χ3n) is 10.9. The second kappa shape index (κ2) is 23.0. The summed E-state index contributed by atoms with van der Waals surface area (Å²) >= 11 is 0. The Bertz CT molecular complexity index is 2280. The van der Waals surface area contributed by atoms with E-state index in [2.05, 4.69) is 190 Å². The number of methoxy groups -OCH3 is 3. The van der Waals surface area contributed by atoms with E-state index in [0.717, 1.165) is 40.1 Å². The lowest BCUT2D eigenvalue weighted by Gasteiger charge is -2.20. The summed E-state index contributed by atoms with van der Waals surface area (Å²) in [6.07, 6.45) is 1.70. The van der Waals surface area contributed by atoms with E-state index >= 15 is 0 Å². The van der Waals surface area contributed by atoms with Crippen molar-refractivity contribution >= 4 is 0 Å². The molecule has 0 fully saturated rings. The van der Waals surface area contributed by atoms with E-state index in [4.69, 9.17) is 28.1 Å². The predicted molar refractivity (Wildman–Crippen MR) is 274 cm³/mol. The van der Waals surface area contributed by atoms with Crippen LogP contribution in [0, 0.1) is 6.92 Å². The second-order valence-corrected chi connectivity index (χ2v) is 21.5. The van der Waals surface area contributed by atoms with Crippen LogP contribution in [0.15, 0.2) is 132 Å². The van der Waals surface area contributed by atoms with Crippen molar-refractivity contribution in [1.82, 2.24) is 0 Å². The minimum Gasteiger partial charge on any atom is -0.497 e. The Morgan fingerprint density at radius 1 is 0.400 bits per heavy atom. The average Bonchev–Trinajstić information content (AvgIpc) is 3.96. The monoisotopic (exact) mass is 885 g/mol. The number of benzene rings is 5. The first-order valence-electron chi connectivity index (χ1n) is 22.7. The van der Waals surface area contributed by atoms with E-state index in [1.54, 1.807) is 27.6 Å². The summed E-state index contributed by atoms with van der Waals surface area (Å²) in [6, 6.07) is 41.6. The fourth-order valence-electron chi connectivity index (χ4n) is 6.39. The Morgan fingerprint density at radius 3 is 1.25 bits per heavy atom. The average molecular weight is 885 g/mol. The Kier molecular flexibility index (Phi) is 19.0. The van der Waals surface area contributed by atoms with Gasteiger partial charge in [0.15, 0.2) is 23.0 Å². The maximum Gasteiger partial charge on any atom is 0.231 e. The highest BCUT2D eigenvalue weighted by molar-refractivity contribution is 5.57. The third-order valence-corrected chi connectivity index (χ3v) is 10.9. The number of aryl methyl sites for hydroxylation is 1. The molecule has 5 aromatic carbocycles. The van der Waals surface area contributed by atoms with Crippen LogP contribution in [0.4, 0.5) is 0 Å². The number of furan rings is 1. The maximum absolute atomic E-state index is 5.35. The molecular formula is C59H80O6. The molecule has 0 bridgehead atoms. The van der Waals surface area contributed by atoms with Gasteiger partial charge in [0, 0.05) is 5.56 Å². The van der Waals surface area contributed by atoms with Crippen LogP contribution in [-0.4, -0.2) is 28.1 Å². The molecule has 0 radical (unpaired) electrons. The summed E-state index contributed by atoms with van der Waals surface area (Å²) in [5.41, 5.74) is 10.1. The lowest BCUT2D eigenvalue weighted by molar-refractivity contribution is 0.174. The van der Waals surface area contributed by atoms with Crippen molar-refractivity contribution in [1.29, 1.82) is 0 Å². The molecule has 1 aliphatic rings. The largest absolute Gasteiger partial charge is 0.497 e. The van der Waals surface area contributed by atoms with Crippen molar-refractivity contribution in [3.8, 4) is 40.1 Å². The van der Waals surface area contributed by atoms with E-state index in [1.807, 2.05) is 42.5 Å². The van der Waals surface area contributed by atoms with Crippen LogP contribution in [0.3, 0.4) is 0 Å². The minimum absolute atomic E-state index is 0.138. The van der Waals surface area contributed by atoms with Gasteiger partial charge in [-0.05, 0) is 110 Å². The van der Waals surface area contributed by atoms with Gasteiger partial charge in [-0.1, -0.05) is 182 Å². The summed E-state index contributed by atoms with van der Waals surface area (Å²) in [4.78, 5) is 0. The van der Waals surface area contributed by atoms with Crippen molar-refractivity contribution in [2.45, 2.75) is 138 Å². The summed E-state index contributed by atoms with van der Waals surface area (Å²) in [5.74, 6) is 5.14. The zero-order chi connectivity index (χ0) is 48.8. The molecule has 6 aromatic rings. The molecule has 0 aliphatic carbocycles. The molecule has 1 aromatic heterocycles. The van der Waals surface area contributed by atoms with Crippen molar-refractivity contribution < 1.29 is 28.1 Å². The van der Waals surface area contributed by atoms with Gasteiger partial charge in [0.2, 0.25) is 6.79 Å². The Morgan fingerprint density at radius 2 is 0.815 bits per heavy atom. The standard InChI is InChI=1S/C14H16O.C12H18O2.C11H14O2.C11H16O.C11H16/c1-14(2,3)12-8-6-11(7-9-12)13-5-4-10-15-13;1-12(2,3)9-6-7-10(13-4)11(8-9)14-5;1-11(2,3)8-4-5-9-10(6-8)13-7-12-9;1-11(2,3)9-5-7-10(12-4)8-6-9;1-9-5-7-10(8-6-9)11(2,3)4/h4-10H,1-3H3;6-8H,1-5H3;4-6H,7H2,1-3H3;5-8H,1-4H3;5-8H,1-4H3. The first-order chi connectivity index (χ1) is 30.2. The summed E-state index contributed by atoms with van der Waals surface area (Å²) in [5, 5.41) is 0. The summed E-state index contributed by atoms with van der Waals surface area (Å²) < 4.78 is 31.4. The van der Waals surface area contributed by atoms with Crippen LogP contribution in [0.25, 0.3) is 11.3 Å². The first-order valence-corrected chi connectivity index (χ1v) is 22.7. The number of rotatable bonds is 4. The van der Waals surface area contributed by atoms with Gasteiger partial charge in [-0.2, -0.15) is 0 Å². The molecule has 6 heteroatoms. The van der Waals surface area contributed by atoms with Crippen molar-refractivity contribution in [2.24, 2.45) is 0 Å². The Labute approximate surface area is 393 Å². The summed E-state index contributed by atoms with van der Waals surface area (Å²) in [7, 11) is 4.99. The highest BCUT2D eigenvalue weighted by Crippen LogP contribution is 2.36. The SMILES string of the molecule is CC(C)(C)c1ccc(-c2ccco2)cc1.CC(C)(C)c1ccc2c(c1)OCO2.COc1ccc(C(C)(C)C)cc1.COc1ccc(C(C)(C)C)cc1OC.Cc1ccc(C(C)(C)C)cc1. The van der Waals surface area contributed by atoms with Gasteiger partial charge in [0.25, 0.3) is 0 Å². The molecule has 0 amide bonds. The molecular weight excluding hydrogens is 805 g/mol. The van der Waals surface area contributed by atoms with Gasteiger partial charge in [-0.25, -0.2) is 0 Å². The molecule has 7 rings (SSSR count). The maximum atomic E-state index is 5.35. The second-order valence-electron chi connectivity index (χ2n) is 21.5. The highest BCUT2D eigenvalue weighted by atomic mass is 16.7. The van der Waals surface area contributed by atoms with Gasteiger partial charge in [-0.3, -0.25) is 0 Å². The zero-order valence-corrected chi connectivity index (χ0v) is 43.3. The molecule has 2 heterocycles. The van der Waals surface area contributed by atoms with E-state index in [-0.39, 0.29) is 27.1 Å². The van der Waals surface area contributed by atoms with Crippen LogP contribution in [0.5, 0.6) is 28.7 Å². The molecule has 0 saturated heterocycles. The van der Waals surface area contributed by atoms with Crippen molar-refractivity contribution in [2.75, 3.05) is 28.1 Å². The van der Waals surface area contributed by atoms with E-state index in [1.165, 1.54) is 33.4 Å². The third kappa shape index (κ3) is 17.4. The lowest BCUT2D eigenvalue weighted by Crippen LogP contribution is -2.11. The topological polar surface area (TPSA) is 59.3 Å². The quantitative estimate of drug-likeness (QED) is 0.176. The van der Waals surface area contributed by atoms with Crippen molar-refractivity contribution in [3.05, 3.63) is 161 Å². The molecule has 0 saturated carbocycles. The smallest absolute Gasteiger partial charge is 0.231 e. The fourth-order valence-corrected chi connectivity index (χ4v) is 6.39. The Hall–Kier alpha value is -5.62. The first kappa shape index (κ1) is 53.7. The Balaban J connectivity index is 0.000000217. The molecule has 0 spiro atoms. The van der Waals surface area contributed by atoms with E-state index in [9.17, 15) is 0 Å². The molecule has 1 aliphatic heterocycles. The molecule has 0 atom stereocenters. The number of hydrogen-bond donors (Lipinski definition) is 0.